The molecule has 1 aromatic heterocycles. The number of halogens is 1. The molecule has 0 spiro atoms. The number of nitrogens with one attached hydrogen (secondary N) is 2. The van der Waals surface area contributed by atoms with Crippen molar-refractivity contribution in [2.45, 2.75) is 16.7 Å². The first kappa shape index (κ1) is 21.7. The predicted molar refractivity (Wildman–Crippen MR) is 112 cm³/mol. The van der Waals surface area contributed by atoms with Crippen LogP contribution in [0.25, 0.3) is 0 Å². The number of carbonyl (C=O) groups excluding carboxylic acids is 2. The molecule has 2 N–H and O–H groups in total. The molecule has 0 aliphatic heterocycles. The van der Waals surface area contributed by atoms with Crippen LogP contribution in [0.15, 0.2) is 77.0 Å². The topological polar surface area (TPSA) is 92.3 Å². The summed E-state index contributed by atoms with van der Waals surface area (Å²) in [6, 6.07) is 16.8. The summed E-state index contributed by atoms with van der Waals surface area (Å²) in [5.74, 6) is -2.25. The lowest BCUT2D eigenvalue weighted by Crippen LogP contribution is -2.42. The Hall–Kier alpha value is -3.04. The van der Waals surface area contributed by atoms with Gasteiger partial charge in [0.15, 0.2) is 9.84 Å². The molecule has 2 amide bonds. The largest absolute Gasteiger partial charge is 0.346 e. The first-order valence-corrected chi connectivity index (χ1v) is 11.4. The number of amides is 2. The van der Waals surface area contributed by atoms with E-state index in [1.807, 2.05) is 0 Å². The molecule has 156 valence electrons. The smallest absolute Gasteiger partial charge is 0.309 e. The highest BCUT2D eigenvalue weighted by Crippen LogP contribution is 2.31. The molecular weight excluding hydrogens is 427 g/mol. The van der Waals surface area contributed by atoms with E-state index in [4.69, 9.17) is 0 Å². The van der Waals surface area contributed by atoms with Crippen molar-refractivity contribution in [1.82, 2.24) is 10.6 Å². The highest BCUT2D eigenvalue weighted by Gasteiger charge is 2.31. The minimum atomic E-state index is -3.78. The van der Waals surface area contributed by atoms with Crippen LogP contribution in [0.3, 0.4) is 0 Å². The lowest BCUT2D eigenvalue weighted by molar-refractivity contribution is -0.139. The van der Waals surface area contributed by atoms with E-state index in [1.165, 1.54) is 47.7 Å². The molecule has 0 saturated carbocycles. The number of thiophene rings is 1. The van der Waals surface area contributed by atoms with Crippen molar-refractivity contribution in [3.63, 3.8) is 0 Å². The Morgan fingerprint density at radius 3 is 2.20 bits per heavy atom. The van der Waals surface area contributed by atoms with Crippen LogP contribution in [0.4, 0.5) is 4.39 Å². The Bertz CT molecular complexity index is 1100. The maximum Gasteiger partial charge on any atom is 0.309 e. The molecule has 2 aromatic carbocycles. The van der Waals surface area contributed by atoms with Gasteiger partial charge in [0.2, 0.25) is 0 Å². The van der Waals surface area contributed by atoms with Gasteiger partial charge in [0, 0.05) is 18.0 Å². The molecule has 0 fully saturated rings. The number of hydrogen-bond donors (Lipinski definition) is 2. The molecule has 0 radical (unpaired) electrons. The van der Waals surface area contributed by atoms with Gasteiger partial charge in [0.1, 0.15) is 11.1 Å². The standard InChI is InChI=1S/C21H19FN2O4S2/c22-16-10-8-15(9-11-16)13-23-20(25)21(26)24-14-19(18-7-4-12-29-18)30(27,28)17-5-2-1-3-6-17/h1-12,19H,13-14H2,(H,23,25)(H,24,26)/t19-/m1/s1. The average Bonchev–Trinajstić information content (AvgIpc) is 3.28. The summed E-state index contributed by atoms with van der Waals surface area (Å²) in [7, 11) is -3.78. The van der Waals surface area contributed by atoms with Gasteiger partial charge in [-0.15, -0.1) is 11.3 Å². The molecule has 1 atom stereocenters. The Balaban J connectivity index is 1.66. The van der Waals surface area contributed by atoms with Crippen LogP contribution in [0, 0.1) is 5.82 Å². The molecule has 9 heteroatoms. The molecule has 1 heterocycles. The maximum absolute atomic E-state index is 13.1. The Kier molecular flexibility index (Phi) is 6.96. The first-order valence-electron chi connectivity index (χ1n) is 9.01. The van der Waals surface area contributed by atoms with Gasteiger partial charge in [-0.1, -0.05) is 36.4 Å². The first-order chi connectivity index (χ1) is 14.4. The minimum Gasteiger partial charge on any atom is -0.346 e. The number of rotatable bonds is 7. The molecule has 0 unspecified atom stereocenters. The van der Waals surface area contributed by atoms with Gasteiger partial charge in [-0.25, -0.2) is 12.8 Å². The summed E-state index contributed by atoms with van der Waals surface area (Å²) >= 11 is 1.26. The molecular formula is C21H19FN2O4S2. The molecule has 3 rings (SSSR count). The third-order valence-corrected chi connectivity index (χ3v) is 7.56. The number of benzene rings is 2. The van der Waals surface area contributed by atoms with E-state index in [2.05, 4.69) is 10.6 Å². The van der Waals surface area contributed by atoms with E-state index in [9.17, 15) is 22.4 Å². The Labute approximate surface area is 177 Å². The van der Waals surface area contributed by atoms with E-state index in [0.717, 1.165) is 0 Å². The lowest BCUT2D eigenvalue weighted by atomic mass is 10.2. The fourth-order valence-corrected chi connectivity index (χ4v) is 5.55. The van der Waals surface area contributed by atoms with Gasteiger partial charge >= 0.3 is 11.8 Å². The second kappa shape index (κ2) is 9.64. The van der Waals surface area contributed by atoms with Crippen LogP contribution < -0.4 is 10.6 Å². The van der Waals surface area contributed by atoms with Crippen LogP contribution in [-0.2, 0) is 26.0 Å². The maximum atomic E-state index is 13.1. The van der Waals surface area contributed by atoms with Crippen LogP contribution in [0.1, 0.15) is 15.7 Å². The van der Waals surface area contributed by atoms with Gasteiger partial charge in [-0.3, -0.25) is 9.59 Å². The highest BCUT2D eigenvalue weighted by atomic mass is 32.2. The third-order valence-electron chi connectivity index (χ3n) is 4.33. The molecule has 0 aliphatic carbocycles. The predicted octanol–water partition coefficient (Wildman–Crippen LogP) is 2.83. The SMILES string of the molecule is O=C(NCc1ccc(F)cc1)C(=O)NC[C@H](c1cccs1)S(=O)(=O)c1ccccc1. The van der Waals surface area contributed by atoms with Gasteiger partial charge in [-0.2, -0.15) is 0 Å². The quantitative estimate of drug-likeness (QED) is 0.546. The monoisotopic (exact) mass is 446 g/mol. The fourth-order valence-electron chi connectivity index (χ4n) is 2.74. The van der Waals surface area contributed by atoms with Gasteiger partial charge in [-0.05, 0) is 41.3 Å². The summed E-state index contributed by atoms with van der Waals surface area (Å²) in [6.07, 6.45) is 0. The second-order valence-electron chi connectivity index (χ2n) is 6.38. The summed E-state index contributed by atoms with van der Waals surface area (Å²) in [5, 5.41) is 5.57. The van der Waals surface area contributed by atoms with Crippen molar-refractivity contribution in [2.24, 2.45) is 0 Å². The zero-order valence-electron chi connectivity index (χ0n) is 15.7. The van der Waals surface area contributed by atoms with E-state index in [-0.39, 0.29) is 18.0 Å². The van der Waals surface area contributed by atoms with E-state index < -0.39 is 32.7 Å². The van der Waals surface area contributed by atoms with Gasteiger partial charge in [0.05, 0.1) is 4.90 Å². The molecule has 0 saturated heterocycles. The summed E-state index contributed by atoms with van der Waals surface area (Å²) in [6.45, 7) is -0.205. The normalized spacial score (nSPS) is 12.2. The van der Waals surface area contributed by atoms with E-state index in [0.29, 0.717) is 10.4 Å². The van der Waals surface area contributed by atoms with Crippen LogP contribution >= 0.6 is 11.3 Å². The van der Waals surface area contributed by atoms with E-state index >= 15 is 0 Å². The van der Waals surface area contributed by atoms with Crippen molar-refractivity contribution in [3.05, 3.63) is 88.4 Å². The number of hydrogen-bond acceptors (Lipinski definition) is 5. The molecule has 6 nitrogen and oxygen atoms in total. The van der Waals surface area contributed by atoms with Crippen molar-refractivity contribution >= 4 is 33.0 Å². The Morgan fingerprint density at radius 1 is 0.900 bits per heavy atom. The summed E-state index contributed by atoms with van der Waals surface area (Å²) in [4.78, 5) is 24.9. The van der Waals surface area contributed by atoms with Gasteiger partial charge < -0.3 is 10.6 Å². The van der Waals surface area contributed by atoms with Crippen molar-refractivity contribution < 1.29 is 22.4 Å². The average molecular weight is 447 g/mol. The lowest BCUT2D eigenvalue weighted by Gasteiger charge is -2.17. The van der Waals surface area contributed by atoms with Crippen LogP contribution in [-0.4, -0.2) is 26.8 Å². The number of sulfone groups is 1. The molecule has 0 aliphatic rings. The van der Waals surface area contributed by atoms with Crippen molar-refractivity contribution in [2.75, 3.05) is 6.54 Å². The zero-order valence-corrected chi connectivity index (χ0v) is 17.4. The molecule has 0 bridgehead atoms. The summed E-state index contributed by atoms with van der Waals surface area (Å²) in [5.41, 5.74) is 0.626. The van der Waals surface area contributed by atoms with Crippen molar-refractivity contribution in [1.29, 1.82) is 0 Å². The van der Waals surface area contributed by atoms with Crippen LogP contribution in [0.2, 0.25) is 0 Å². The Morgan fingerprint density at radius 2 is 1.57 bits per heavy atom. The third kappa shape index (κ3) is 5.31. The molecule has 3 aromatic rings. The number of carbonyl (C=O) groups is 2. The fraction of sp³-hybridized carbons (Fsp3) is 0.143. The van der Waals surface area contributed by atoms with Crippen LogP contribution in [0.5, 0.6) is 0 Å². The highest BCUT2D eigenvalue weighted by molar-refractivity contribution is 7.91. The summed E-state index contributed by atoms with van der Waals surface area (Å²) < 4.78 is 39.1. The molecule has 30 heavy (non-hydrogen) atoms. The van der Waals surface area contributed by atoms with Crippen molar-refractivity contribution in [3.8, 4) is 0 Å². The minimum absolute atomic E-state index is 0.0448. The van der Waals surface area contributed by atoms with E-state index in [1.54, 1.807) is 35.7 Å². The van der Waals surface area contributed by atoms with Gasteiger partial charge in [0.25, 0.3) is 0 Å². The second-order valence-corrected chi connectivity index (χ2v) is 9.49. The zero-order chi connectivity index (χ0) is 21.6.